The van der Waals surface area contributed by atoms with Gasteiger partial charge in [-0.1, -0.05) is 0 Å². The van der Waals surface area contributed by atoms with Gasteiger partial charge in [-0.15, -0.1) is 11.3 Å². The minimum absolute atomic E-state index is 0.116. The van der Waals surface area contributed by atoms with Crippen LogP contribution in [0.5, 0.6) is 0 Å². The van der Waals surface area contributed by atoms with Crippen LogP contribution in [-0.4, -0.2) is 30.6 Å². The summed E-state index contributed by atoms with van der Waals surface area (Å²) in [5, 5.41) is 5.94. The van der Waals surface area contributed by atoms with E-state index >= 15 is 0 Å². The maximum atomic E-state index is 11.6. The van der Waals surface area contributed by atoms with Crippen molar-refractivity contribution in [3.8, 4) is 0 Å². The number of hydrogen-bond donors (Lipinski definition) is 1. The number of aryl methyl sites for hydroxylation is 1. The third kappa shape index (κ3) is 4.44. The summed E-state index contributed by atoms with van der Waals surface area (Å²) in [5.74, 6) is 0.610. The zero-order valence-electron chi connectivity index (χ0n) is 9.85. The number of thiazole rings is 1. The van der Waals surface area contributed by atoms with E-state index in [0.717, 1.165) is 44.0 Å². The number of carbonyl (C=O) groups is 1. The second kappa shape index (κ2) is 6.71. The quantitative estimate of drug-likeness (QED) is 0.868. The fourth-order valence-electron chi connectivity index (χ4n) is 1.91. The number of rotatable bonds is 5. The highest BCUT2D eigenvalue weighted by Gasteiger charge is 2.14. The van der Waals surface area contributed by atoms with Gasteiger partial charge in [0.2, 0.25) is 5.91 Å². The second-order valence-corrected chi connectivity index (χ2v) is 5.29. The molecule has 1 aliphatic rings. The summed E-state index contributed by atoms with van der Waals surface area (Å²) < 4.78 is 5.37. The molecule has 1 unspecified atom stereocenters. The molecule has 4 nitrogen and oxygen atoms in total. The molecule has 1 saturated heterocycles. The molecule has 0 radical (unpaired) electrons. The summed E-state index contributed by atoms with van der Waals surface area (Å²) in [4.78, 5) is 15.8. The van der Waals surface area contributed by atoms with Gasteiger partial charge in [-0.05, 0) is 18.8 Å². The van der Waals surface area contributed by atoms with Crippen LogP contribution in [-0.2, 0) is 16.0 Å². The van der Waals surface area contributed by atoms with Gasteiger partial charge in [-0.25, -0.2) is 4.98 Å². The standard InChI is InChI=1S/C12H18N2O2S/c15-11(3-4-12-13-5-7-17-12)14-8-10-2-1-6-16-9-10/h5,7,10H,1-4,6,8-9H2,(H,14,15). The minimum atomic E-state index is 0.116. The lowest BCUT2D eigenvalue weighted by atomic mass is 10.0. The maximum absolute atomic E-state index is 11.6. The predicted molar refractivity (Wildman–Crippen MR) is 67.0 cm³/mol. The molecule has 0 aromatic carbocycles. The van der Waals surface area contributed by atoms with Crippen LogP contribution in [0.25, 0.3) is 0 Å². The lowest BCUT2D eigenvalue weighted by Gasteiger charge is -2.22. The van der Waals surface area contributed by atoms with E-state index in [4.69, 9.17) is 4.74 Å². The summed E-state index contributed by atoms with van der Waals surface area (Å²) in [6, 6.07) is 0. The highest BCUT2D eigenvalue weighted by Crippen LogP contribution is 2.12. The molecular weight excluding hydrogens is 236 g/mol. The average molecular weight is 254 g/mol. The predicted octanol–water partition coefficient (Wildman–Crippen LogP) is 1.62. The number of nitrogens with zero attached hydrogens (tertiary/aromatic N) is 1. The molecule has 2 rings (SSSR count). The van der Waals surface area contributed by atoms with Crippen LogP contribution in [0.4, 0.5) is 0 Å². The molecule has 1 aliphatic heterocycles. The zero-order chi connectivity index (χ0) is 11.9. The van der Waals surface area contributed by atoms with Crippen molar-refractivity contribution >= 4 is 17.2 Å². The van der Waals surface area contributed by atoms with Crippen LogP contribution in [0.2, 0.25) is 0 Å². The van der Waals surface area contributed by atoms with Crippen molar-refractivity contribution in [2.24, 2.45) is 5.92 Å². The number of hydrogen-bond acceptors (Lipinski definition) is 4. The average Bonchev–Trinajstić information content (AvgIpc) is 2.88. The van der Waals surface area contributed by atoms with Crippen molar-refractivity contribution in [1.82, 2.24) is 10.3 Å². The van der Waals surface area contributed by atoms with E-state index in [2.05, 4.69) is 10.3 Å². The lowest BCUT2D eigenvalue weighted by Crippen LogP contribution is -2.33. The molecule has 0 saturated carbocycles. The van der Waals surface area contributed by atoms with Gasteiger partial charge in [0.25, 0.3) is 0 Å². The summed E-state index contributed by atoms with van der Waals surface area (Å²) >= 11 is 1.60. The van der Waals surface area contributed by atoms with Crippen LogP contribution >= 0.6 is 11.3 Å². The molecule has 17 heavy (non-hydrogen) atoms. The van der Waals surface area contributed by atoms with Gasteiger partial charge in [-0.3, -0.25) is 4.79 Å². The molecule has 1 aromatic rings. The summed E-state index contributed by atoms with van der Waals surface area (Å²) in [6.07, 6.45) is 5.31. The minimum Gasteiger partial charge on any atom is -0.381 e. The van der Waals surface area contributed by atoms with Gasteiger partial charge >= 0.3 is 0 Å². The molecule has 1 aromatic heterocycles. The fourth-order valence-corrected chi connectivity index (χ4v) is 2.53. The molecule has 1 atom stereocenters. The first kappa shape index (κ1) is 12.5. The van der Waals surface area contributed by atoms with Gasteiger partial charge in [0.1, 0.15) is 0 Å². The molecule has 1 amide bonds. The molecule has 0 bridgehead atoms. The monoisotopic (exact) mass is 254 g/mol. The Balaban J connectivity index is 1.60. The van der Waals surface area contributed by atoms with Crippen LogP contribution in [0.1, 0.15) is 24.3 Å². The van der Waals surface area contributed by atoms with E-state index in [1.54, 1.807) is 17.5 Å². The number of ether oxygens (including phenoxy) is 1. The van der Waals surface area contributed by atoms with Gasteiger partial charge < -0.3 is 10.1 Å². The van der Waals surface area contributed by atoms with Crippen LogP contribution < -0.4 is 5.32 Å². The maximum Gasteiger partial charge on any atom is 0.220 e. The van der Waals surface area contributed by atoms with Crippen LogP contribution in [0.15, 0.2) is 11.6 Å². The summed E-state index contributed by atoms with van der Waals surface area (Å²) in [7, 11) is 0. The van der Waals surface area contributed by atoms with E-state index in [1.165, 1.54) is 0 Å². The van der Waals surface area contributed by atoms with Crippen molar-refractivity contribution < 1.29 is 9.53 Å². The van der Waals surface area contributed by atoms with Crippen molar-refractivity contribution in [2.45, 2.75) is 25.7 Å². The second-order valence-electron chi connectivity index (χ2n) is 4.31. The molecule has 0 spiro atoms. The van der Waals surface area contributed by atoms with Crippen molar-refractivity contribution in [3.05, 3.63) is 16.6 Å². The van der Waals surface area contributed by atoms with Crippen LogP contribution in [0.3, 0.4) is 0 Å². The topological polar surface area (TPSA) is 51.2 Å². The Morgan fingerprint density at radius 3 is 3.29 bits per heavy atom. The Morgan fingerprint density at radius 2 is 2.59 bits per heavy atom. The molecule has 5 heteroatoms. The Labute approximate surface area is 105 Å². The molecule has 94 valence electrons. The van der Waals surface area contributed by atoms with Gasteiger partial charge in [-0.2, -0.15) is 0 Å². The Kier molecular flexibility index (Phi) is 4.94. The highest BCUT2D eigenvalue weighted by atomic mass is 32.1. The van der Waals surface area contributed by atoms with Gasteiger partial charge in [0.05, 0.1) is 11.6 Å². The Morgan fingerprint density at radius 1 is 1.65 bits per heavy atom. The normalized spacial score (nSPS) is 20.1. The number of nitrogens with one attached hydrogen (secondary N) is 1. The first-order chi connectivity index (χ1) is 8.34. The molecule has 1 N–H and O–H groups in total. The molecule has 2 heterocycles. The Bertz CT molecular complexity index is 334. The van der Waals surface area contributed by atoms with Crippen molar-refractivity contribution in [3.63, 3.8) is 0 Å². The SMILES string of the molecule is O=C(CCc1nccs1)NCC1CCCOC1. The van der Waals surface area contributed by atoms with Crippen molar-refractivity contribution in [2.75, 3.05) is 19.8 Å². The number of aromatic nitrogens is 1. The molecule has 1 fully saturated rings. The highest BCUT2D eigenvalue weighted by molar-refractivity contribution is 7.09. The number of carbonyl (C=O) groups excluding carboxylic acids is 1. The van der Waals surface area contributed by atoms with E-state index < -0.39 is 0 Å². The lowest BCUT2D eigenvalue weighted by molar-refractivity contribution is -0.121. The third-order valence-electron chi connectivity index (χ3n) is 2.89. The number of amides is 1. The zero-order valence-corrected chi connectivity index (χ0v) is 10.7. The smallest absolute Gasteiger partial charge is 0.220 e. The third-order valence-corrected chi connectivity index (χ3v) is 3.73. The van der Waals surface area contributed by atoms with E-state index in [9.17, 15) is 4.79 Å². The van der Waals surface area contributed by atoms with Crippen LogP contribution in [0, 0.1) is 5.92 Å². The first-order valence-electron chi connectivity index (χ1n) is 6.07. The van der Waals surface area contributed by atoms with Gasteiger partial charge in [0.15, 0.2) is 0 Å². The molecule has 0 aliphatic carbocycles. The fraction of sp³-hybridized carbons (Fsp3) is 0.667. The van der Waals surface area contributed by atoms with Crippen molar-refractivity contribution in [1.29, 1.82) is 0 Å². The largest absolute Gasteiger partial charge is 0.381 e. The van der Waals surface area contributed by atoms with E-state index in [1.807, 2.05) is 5.38 Å². The van der Waals surface area contributed by atoms with Gasteiger partial charge in [0, 0.05) is 37.6 Å². The van der Waals surface area contributed by atoms with E-state index in [0.29, 0.717) is 12.3 Å². The molecular formula is C12H18N2O2S. The summed E-state index contributed by atoms with van der Waals surface area (Å²) in [6.45, 7) is 2.40. The summed E-state index contributed by atoms with van der Waals surface area (Å²) in [5.41, 5.74) is 0. The Hall–Kier alpha value is -0.940. The van der Waals surface area contributed by atoms with E-state index in [-0.39, 0.29) is 5.91 Å². The first-order valence-corrected chi connectivity index (χ1v) is 6.95.